The zero-order valence-corrected chi connectivity index (χ0v) is 19.2. The number of carbonyl (C=O) groups excluding carboxylic acids is 2. The van der Waals surface area contributed by atoms with Crippen molar-refractivity contribution >= 4 is 46.0 Å². The standard InChI is InChI=1S/C24H22Cl2N4O2/c1-15-13-30(16(2)31)23(14-29(15)24(32)5-6-25)18-8-17(9-20(26)10-18)19-11-22-21(28-12-19)4-3-7-27-22/h3-12,15,23H,13-14H2,1-2H3/b6-5-/t15-,23-/m1/s1. The molecule has 1 aliphatic rings. The number of amides is 2. The topological polar surface area (TPSA) is 66.4 Å². The maximum absolute atomic E-state index is 12.6. The molecule has 2 atom stereocenters. The summed E-state index contributed by atoms with van der Waals surface area (Å²) in [5, 5.41) is 0.541. The molecule has 1 aromatic carbocycles. The van der Waals surface area contributed by atoms with Gasteiger partial charge in [0.25, 0.3) is 0 Å². The number of piperazine rings is 1. The van der Waals surface area contributed by atoms with Crippen molar-refractivity contribution in [1.29, 1.82) is 0 Å². The molecule has 1 fully saturated rings. The van der Waals surface area contributed by atoms with Crippen LogP contribution in [-0.2, 0) is 9.59 Å². The van der Waals surface area contributed by atoms with Crippen LogP contribution in [0.2, 0.25) is 5.02 Å². The van der Waals surface area contributed by atoms with Gasteiger partial charge in [-0.15, -0.1) is 0 Å². The van der Waals surface area contributed by atoms with E-state index in [-0.39, 0.29) is 23.9 Å². The summed E-state index contributed by atoms with van der Waals surface area (Å²) < 4.78 is 0. The van der Waals surface area contributed by atoms with E-state index in [1.165, 1.54) is 11.6 Å². The fraction of sp³-hybridized carbons (Fsp3) is 0.250. The van der Waals surface area contributed by atoms with Gasteiger partial charge in [0.1, 0.15) is 0 Å². The third-order valence-corrected chi connectivity index (χ3v) is 6.07. The molecule has 8 heteroatoms. The van der Waals surface area contributed by atoms with Gasteiger partial charge in [-0.25, -0.2) is 0 Å². The molecule has 0 saturated carbocycles. The molecule has 0 bridgehead atoms. The third-order valence-electron chi connectivity index (χ3n) is 5.72. The number of rotatable bonds is 3. The van der Waals surface area contributed by atoms with Gasteiger partial charge in [0.05, 0.1) is 17.1 Å². The second-order valence-corrected chi connectivity index (χ2v) is 8.55. The summed E-state index contributed by atoms with van der Waals surface area (Å²) in [5.41, 5.74) is 5.39. The lowest BCUT2D eigenvalue weighted by molar-refractivity contribution is -0.142. The SMILES string of the molecule is CC(=O)N1C[C@@H](C)N(C(=O)/C=C\Cl)C[C@@H]1c1cc(Cl)cc(-c2cnc3cccnc3c2)c1. The van der Waals surface area contributed by atoms with Crippen molar-refractivity contribution in [2.45, 2.75) is 25.9 Å². The third kappa shape index (κ3) is 4.47. The summed E-state index contributed by atoms with van der Waals surface area (Å²) in [6.07, 6.45) is 4.84. The Kier molecular flexibility index (Phi) is 6.44. The number of hydrogen-bond acceptors (Lipinski definition) is 4. The molecule has 0 radical (unpaired) electrons. The van der Waals surface area contributed by atoms with Gasteiger partial charge in [0.2, 0.25) is 11.8 Å². The average molecular weight is 469 g/mol. The summed E-state index contributed by atoms with van der Waals surface area (Å²) in [7, 11) is 0. The Hall–Kier alpha value is -2.96. The molecule has 6 nitrogen and oxygen atoms in total. The molecular formula is C24H22Cl2N4O2. The van der Waals surface area contributed by atoms with E-state index in [9.17, 15) is 9.59 Å². The highest BCUT2D eigenvalue weighted by molar-refractivity contribution is 6.31. The Bertz CT molecular complexity index is 1210. The molecule has 3 heterocycles. The predicted molar refractivity (Wildman–Crippen MR) is 126 cm³/mol. The van der Waals surface area contributed by atoms with Gasteiger partial charge in [-0.05, 0) is 54.4 Å². The monoisotopic (exact) mass is 468 g/mol. The Labute approximate surface area is 196 Å². The molecule has 2 aromatic heterocycles. The van der Waals surface area contributed by atoms with E-state index in [0.717, 1.165) is 27.7 Å². The quantitative estimate of drug-likeness (QED) is 0.516. The normalized spacial score (nSPS) is 19.0. The minimum Gasteiger partial charge on any atom is -0.332 e. The van der Waals surface area contributed by atoms with Crippen molar-refractivity contribution in [3.63, 3.8) is 0 Å². The van der Waals surface area contributed by atoms with Crippen molar-refractivity contribution in [2.24, 2.45) is 0 Å². The molecule has 164 valence electrons. The van der Waals surface area contributed by atoms with Crippen molar-refractivity contribution in [2.75, 3.05) is 13.1 Å². The number of pyridine rings is 2. The van der Waals surface area contributed by atoms with Gasteiger partial charge in [0.15, 0.2) is 0 Å². The molecule has 2 amide bonds. The van der Waals surface area contributed by atoms with E-state index in [2.05, 4.69) is 9.97 Å². The van der Waals surface area contributed by atoms with Crippen molar-refractivity contribution in [3.8, 4) is 11.1 Å². The van der Waals surface area contributed by atoms with Gasteiger partial charge < -0.3 is 9.80 Å². The van der Waals surface area contributed by atoms with Crippen LogP contribution in [0.5, 0.6) is 0 Å². The Balaban J connectivity index is 1.75. The Morgan fingerprint density at radius 2 is 1.88 bits per heavy atom. The van der Waals surface area contributed by atoms with Gasteiger partial charge in [-0.3, -0.25) is 19.6 Å². The molecule has 3 aromatic rings. The zero-order chi connectivity index (χ0) is 22.8. The number of halogens is 2. The van der Waals surface area contributed by atoms with Gasteiger partial charge in [-0.2, -0.15) is 0 Å². The van der Waals surface area contributed by atoms with Crippen LogP contribution in [0.3, 0.4) is 0 Å². The molecule has 1 saturated heterocycles. The van der Waals surface area contributed by atoms with E-state index in [1.807, 2.05) is 43.3 Å². The second-order valence-electron chi connectivity index (χ2n) is 7.86. The van der Waals surface area contributed by atoms with E-state index in [1.54, 1.807) is 29.1 Å². The number of nitrogens with zero attached hydrogens (tertiary/aromatic N) is 4. The summed E-state index contributed by atoms with van der Waals surface area (Å²) in [4.78, 5) is 37.4. The minimum absolute atomic E-state index is 0.0556. The molecule has 4 rings (SSSR count). The van der Waals surface area contributed by atoms with Crippen LogP contribution < -0.4 is 0 Å². The van der Waals surface area contributed by atoms with Crippen molar-refractivity contribution in [1.82, 2.24) is 19.8 Å². The molecule has 0 N–H and O–H groups in total. The highest BCUT2D eigenvalue weighted by Crippen LogP contribution is 2.34. The van der Waals surface area contributed by atoms with Crippen LogP contribution in [0.15, 0.2) is 60.4 Å². The average Bonchev–Trinajstić information content (AvgIpc) is 2.78. The van der Waals surface area contributed by atoms with Crippen LogP contribution in [0, 0.1) is 0 Å². The molecular weight excluding hydrogens is 447 g/mol. The smallest absolute Gasteiger partial charge is 0.247 e. The lowest BCUT2D eigenvalue weighted by atomic mass is 9.96. The first-order chi connectivity index (χ1) is 15.4. The molecule has 0 spiro atoms. The first kappa shape index (κ1) is 22.2. The Morgan fingerprint density at radius 3 is 2.62 bits per heavy atom. The molecule has 0 aliphatic carbocycles. The highest BCUT2D eigenvalue weighted by Gasteiger charge is 2.36. The van der Waals surface area contributed by atoms with Crippen molar-refractivity contribution < 1.29 is 9.59 Å². The fourth-order valence-electron chi connectivity index (χ4n) is 4.15. The highest BCUT2D eigenvalue weighted by atomic mass is 35.5. The van der Waals surface area contributed by atoms with Crippen LogP contribution in [-0.4, -0.2) is 50.7 Å². The fourth-order valence-corrected chi connectivity index (χ4v) is 4.50. The predicted octanol–water partition coefficient (Wildman–Crippen LogP) is 4.82. The summed E-state index contributed by atoms with van der Waals surface area (Å²) >= 11 is 12.1. The van der Waals surface area contributed by atoms with E-state index < -0.39 is 0 Å². The van der Waals surface area contributed by atoms with Gasteiger partial charge in [-0.1, -0.05) is 23.2 Å². The summed E-state index contributed by atoms with van der Waals surface area (Å²) in [6, 6.07) is 10.9. The summed E-state index contributed by atoms with van der Waals surface area (Å²) in [6.45, 7) is 4.23. The number of carbonyl (C=O) groups is 2. The maximum atomic E-state index is 12.6. The zero-order valence-electron chi connectivity index (χ0n) is 17.7. The molecule has 32 heavy (non-hydrogen) atoms. The van der Waals surface area contributed by atoms with E-state index >= 15 is 0 Å². The lowest BCUT2D eigenvalue weighted by Gasteiger charge is -2.45. The van der Waals surface area contributed by atoms with Gasteiger partial charge in [0, 0.05) is 60.6 Å². The van der Waals surface area contributed by atoms with Crippen LogP contribution in [0.4, 0.5) is 0 Å². The Morgan fingerprint density at radius 1 is 1.06 bits per heavy atom. The van der Waals surface area contributed by atoms with E-state index in [0.29, 0.717) is 18.1 Å². The largest absolute Gasteiger partial charge is 0.332 e. The van der Waals surface area contributed by atoms with Crippen molar-refractivity contribution in [3.05, 3.63) is 71.0 Å². The maximum Gasteiger partial charge on any atom is 0.247 e. The lowest BCUT2D eigenvalue weighted by Crippen LogP contribution is -2.56. The van der Waals surface area contributed by atoms with Crippen LogP contribution in [0.25, 0.3) is 22.2 Å². The first-order valence-corrected chi connectivity index (χ1v) is 11.0. The molecule has 0 unspecified atom stereocenters. The number of hydrogen-bond donors (Lipinski definition) is 0. The van der Waals surface area contributed by atoms with Gasteiger partial charge >= 0.3 is 0 Å². The number of aromatic nitrogens is 2. The first-order valence-electron chi connectivity index (χ1n) is 10.2. The molecule has 1 aliphatic heterocycles. The van der Waals surface area contributed by atoms with Crippen LogP contribution in [0.1, 0.15) is 25.5 Å². The van der Waals surface area contributed by atoms with Crippen LogP contribution >= 0.6 is 23.2 Å². The second kappa shape index (κ2) is 9.27. The number of fused-ring (bicyclic) bond motifs is 1. The summed E-state index contributed by atoms with van der Waals surface area (Å²) in [5.74, 6) is -0.243. The number of benzene rings is 1. The minimum atomic E-state index is -0.333. The van der Waals surface area contributed by atoms with E-state index in [4.69, 9.17) is 23.2 Å².